The van der Waals surface area contributed by atoms with Crippen molar-refractivity contribution in [3.63, 3.8) is 0 Å². The molecule has 0 aromatic heterocycles. The van der Waals surface area contributed by atoms with Crippen molar-refractivity contribution in [2.24, 2.45) is 5.73 Å². The largest absolute Gasteiger partial charge is 0.489 e. The maximum atomic E-state index is 7.49. The maximum absolute atomic E-state index is 7.49. The molecule has 0 aliphatic carbocycles. The number of nitrogens with two attached hydrogens (primary N) is 1. The van der Waals surface area contributed by atoms with Crippen molar-refractivity contribution in [1.82, 2.24) is 10.6 Å². The Bertz CT molecular complexity index is 1500. The molecule has 0 aliphatic heterocycles. The lowest BCUT2D eigenvalue weighted by atomic mass is 10.1. The molecule has 0 heterocycles. The van der Waals surface area contributed by atoms with Gasteiger partial charge in [0.05, 0.1) is 0 Å². The average molecular weight is 621 g/mol. The smallest absolute Gasteiger partial charge is 0.122 e. The number of ether oxygens (including phenoxy) is 2. The lowest BCUT2D eigenvalue weighted by Gasteiger charge is -2.10. The predicted molar refractivity (Wildman–Crippen MR) is 193 cm³/mol. The first-order valence-corrected chi connectivity index (χ1v) is 16.0. The molecule has 6 heteroatoms. The quantitative estimate of drug-likeness (QED) is 0.0479. The summed E-state index contributed by atoms with van der Waals surface area (Å²) in [5.74, 6) is 1.73. The Morgan fingerprint density at radius 1 is 0.674 bits per heavy atom. The summed E-state index contributed by atoms with van der Waals surface area (Å²) in [5.41, 5.74) is 13.6. The van der Waals surface area contributed by atoms with E-state index >= 15 is 0 Å². The summed E-state index contributed by atoms with van der Waals surface area (Å²) >= 11 is 0. The molecule has 0 unspecified atom stereocenters. The Labute approximate surface area is 276 Å². The predicted octanol–water partition coefficient (Wildman–Crippen LogP) is 8.63. The van der Waals surface area contributed by atoms with Crippen LogP contribution in [0.5, 0.6) is 11.5 Å². The van der Waals surface area contributed by atoms with Gasteiger partial charge in [0.15, 0.2) is 0 Å². The number of nitrogens with one attached hydrogen (secondary N) is 3. The number of amidine groups is 1. The van der Waals surface area contributed by atoms with Crippen molar-refractivity contribution in [2.75, 3.05) is 13.1 Å². The molecule has 0 amide bonds. The Morgan fingerprint density at radius 2 is 1.13 bits per heavy atom. The molecule has 4 rings (SSSR count). The van der Waals surface area contributed by atoms with E-state index < -0.39 is 0 Å². The third-order valence-corrected chi connectivity index (χ3v) is 7.64. The molecule has 0 saturated heterocycles. The standard InChI is InChI=1S/C39H48N4O2.CH4/c1-3-9-30(2)35-14-18-37(19-15-35)44-28-33-12-7-10-31(24-33)26-42-22-5-4-6-23-43-27-32-11-8-13-34(25-32)29-45-38-20-16-36(17-21-38)39(40)41;/h7-21,24-25,42-43H,3-6,22-23,26-29H2,1-2H3,(H3,40,41);1H4/b30-9-;. The van der Waals surface area contributed by atoms with Crippen LogP contribution < -0.4 is 25.8 Å². The van der Waals surface area contributed by atoms with Gasteiger partial charge in [-0.15, -0.1) is 0 Å². The summed E-state index contributed by atoms with van der Waals surface area (Å²) in [6, 6.07) is 32.8. The summed E-state index contributed by atoms with van der Waals surface area (Å²) in [5, 5.41) is 14.7. The van der Waals surface area contributed by atoms with E-state index in [1.54, 1.807) is 12.1 Å². The van der Waals surface area contributed by atoms with Crippen molar-refractivity contribution in [3.8, 4) is 11.5 Å². The second-order valence-electron chi connectivity index (χ2n) is 11.4. The molecule has 5 N–H and O–H groups in total. The number of nitrogen functional groups attached to an aromatic ring is 1. The second-order valence-corrected chi connectivity index (χ2v) is 11.4. The van der Waals surface area contributed by atoms with E-state index in [-0.39, 0.29) is 13.3 Å². The van der Waals surface area contributed by atoms with Crippen LogP contribution in [-0.4, -0.2) is 18.9 Å². The Hall–Kier alpha value is -4.39. The van der Waals surface area contributed by atoms with Gasteiger partial charge in [-0.25, -0.2) is 0 Å². The zero-order valence-electron chi connectivity index (χ0n) is 26.8. The monoisotopic (exact) mass is 620 g/mol. The fourth-order valence-corrected chi connectivity index (χ4v) is 5.10. The molecule has 46 heavy (non-hydrogen) atoms. The fraction of sp³-hybridized carbons (Fsp3) is 0.325. The summed E-state index contributed by atoms with van der Waals surface area (Å²) < 4.78 is 11.9. The van der Waals surface area contributed by atoms with Gasteiger partial charge in [0.25, 0.3) is 0 Å². The van der Waals surface area contributed by atoms with Crippen molar-refractivity contribution < 1.29 is 9.47 Å². The van der Waals surface area contributed by atoms with Gasteiger partial charge in [-0.2, -0.15) is 0 Å². The number of hydrogen-bond acceptors (Lipinski definition) is 5. The zero-order valence-corrected chi connectivity index (χ0v) is 26.8. The molecule has 0 aliphatic rings. The van der Waals surface area contributed by atoms with Gasteiger partial charge < -0.3 is 25.8 Å². The lowest BCUT2D eigenvalue weighted by molar-refractivity contribution is 0.306. The Morgan fingerprint density at radius 3 is 1.59 bits per heavy atom. The third-order valence-electron chi connectivity index (χ3n) is 7.64. The van der Waals surface area contributed by atoms with Crippen LogP contribution in [0.1, 0.15) is 80.3 Å². The van der Waals surface area contributed by atoms with Crippen LogP contribution in [0.25, 0.3) is 5.57 Å². The highest BCUT2D eigenvalue weighted by molar-refractivity contribution is 5.94. The summed E-state index contributed by atoms with van der Waals surface area (Å²) in [7, 11) is 0. The number of benzene rings is 4. The topological polar surface area (TPSA) is 92.4 Å². The van der Waals surface area contributed by atoms with E-state index in [4.69, 9.17) is 20.6 Å². The van der Waals surface area contributed by atoms with Gasteiger partial charge in [0.2, 0.25) is 0 Å². The summed E-state index contributed by atoms with van der Waals surface area (Å²) in [4.78, 5) is 0. The van der Waals surface area contributed by atoms with Crippen molar-refractivity contribution in [3.05, 3.63) is 137 Å². The first-order valence-electron chi connectivity index (χ1n) is 16.0. The minimum absolute atomic E-state index is 0. The van der Waals surface area contributed by atoms with E-state index in [0.717, 1.165) is 62.5 Å². The number of unbranched alkanes of at least 4 members (excludes halogenated alkanes) is 2. The van der Waals surface area contributed by atoms with Gasteiger partial charge in [-0.05, 0) is 109 Å². The number of hydrogen-bond donors (Lipinski definition) is 4. The van der Waals surface area contributed by atoms with Crippen LogP contribution >= 0.6 is 0 Å². The molecule has 0 bridgehead atoms. The molecular weight excluding hydrogens is 568 g/mol. The van der Waals surface area contributed by atoms with Crippen LogP contribution in [-0.2, 0) is 26.3 Å². The number of rotatable bonds is 19. The molecule has 0 atom stereocenters. The molecule has 0 radical (unpaired) electrons. The normalized spacial score (nSPS) is 11.1. The van der Waals surface area contributed by atoms with E-state index in [0.29, 0.717) is 18.8 Å². The molecule has 0 saturated carbocycles. The van der Waals surface area contributed by atoms with Crippen LogP contribution in [0.4, 0.5) is 0 Å². The highest BCUT2D eigenvalue weighted by Gasteiger charge is 2.03. The van der Waals surface area contributed by atoms with E-state index in [1.165, 1.54) is 34.2 Å². The Balaban J connectivity index is 0.00000576. The second kappa shape index (κ2) is 19.9. The average Bonchev–Trinajstić information content (AvgIpc) is 3.06. The van der Waals surface area contributed by atoms with Gasteiger partial charge in [-0.1, -0.05) is 87.5 Å². The van der Waals surface area contributed by atoms with Crippen molar-refractivity contribution in [2.45, 2.75) is 73.3 Å². The molecule has 4 aromatic carbocycles. The minimum atomic E-state index is 0. The summed E-state index contributed by atoms with van der Waals surface area (Å²) in [6.07, 6.45) is 6.80. The lowest BCUT2D eigenvalue weighted by Crippen LogP contribution is -2.17. The maximum Gasteiger partial charge on any atom is 0.122 e. The first kappa shape index (κ1) is 36.1. The van der Waals surface area contributed by atoms with Crippen LogP contribution in [0, 0.1) is 5.41 Å². The summed E-state index contributed by atoms with van der Waals surface area (Å²) in [6.45, 7) is 9.12. The van der Waals surface area contributed by atoms with Gasteiger partial charge in [0.1, 0.15) is 30.5 Å². The molecule has 6 nitrogen and oxygen atoms in total. The van der Waals surface area contributed by atoms with Crippen LogP contribution in [0.3, 0.4) is 0 Å². The highest BCUT2D eigenvalue weighted by atomic mass is 16.5. The van der Waals surface area contributed by atoms with Crippen molar-refractivity contribution >= 4 is 11.4 Å². The molecule has 244 valence electrons. The van der Waals surface area contributed by atoms with Gasteiger partial charge >= 0.3 is 0 Å². The highest BCUT2D eigenvalue weighted by Crippen LogP contribution is 2.20. The van der Waals surface area contributed by atoms with Gasteiger partial charge in [0, 0.05) is 18.7 Å². The molecule has 4 aromatic rings. The molecule has 0 fully saturated rings. The van der Waals surface area contributed by atoms with Crippen LogP contribution in [0.15, 0.2) is 103 Å². The third kappa shape index (κ3) is 12.5. The molecular formula is C40H52N4O2. The van der Waals surface area contributed by atoms with E-state index in [9.17, 15) is 0 Å². The molecule has 0 spiro atoms. The fourth-order valence-electron chi connectivity index (χ4n) is 5.10. The van der Waals surface area contributed by atoms with Crippen LogP contribution in [0.2, 0.25) is 0 Å². The zero-order chi connectivity index (χ0) is 31.7. The minimum Gasteiger partial charge on any atom is -0.489 e. The van der Waals surface area contributed by atoms with E-state index in [2.05, 4.69) is 103 Å². The SMILES string of the molecule is C.CC/C=C(/C)c1ccc(OCc2cccc(CNCCCCCNCc3cccc(COc4ccc(C(=N)N)cc4)c3)c2)cc1. The van der Waals surface area contributed by atoms with Gasteiger partial charge in [-0.3, -0.25) is 5.41 Å². The van der Waals surface area contributed by atoms with E-state index in [1.807, 2.05) is 12.1 Å². The first-order chi connectivity index (χ1) is 22.0. The Kier molecular flexibility index (Phi) is 15.6. The number of allylic oxidation sites excluding steroid dienone is 2. The van der Waals surface area contributed by atoms with Crippen molar-refractivity contribution in [1.29, 1.82) is 5.41 Å².